The summed E-state index contributed by atoms with van der Waals surface area (Å²) < 4.78 is 52.4. The normalized spacial score (nSPS) is 26.3. The number of rotatable bonds is 4. The number of hydrogen-bond donors (Lipinski definition) is 3. The van der Waals surface area contributed by atoms with Crippen molar-refractivity contribution in [1.82, 2.24) is 16.0 Å². The van der Waals surface area contributed by atoms with Gasteiger partial charge in [0.2, 0.25) is 5.91 Å². The molecule has 154 valence electrons. The van der Waals surface area contributed by atoms with E-state index in [-0.39, 0.29) is 43.2 Å². The molecule has 0 radical (unpaired) electrons. The van der Waals surface area contributed by atoms with Crippen molar-refractivity contribution in [2.45, 2.75) is 43.9 Å². The van der Waals surface area contributed by atoms with Crippen LogP contribution in [0.1, 0.15) is 37.3 Å². The number of alkyl halides is 3. The van der Waals surface area contributed by atoms with Gasteiger partial charge in [-0.05, 0) is 49.3 Å². The fourth-order valence-electron chi connectivity index (χ4n) is 3.83. The zero-order valence-electron chi connectivity index (χ0n) is 14.8. The summed E-state index contributed by atoms with van der Waals surface area (Å²) in [4.78, 5) is 23.8. The van der Waals surface area contributed by atoms with Gasteiger partial charge in [0.25, 0.3) is 0 Å². The molecule has 2 fully saturated rings. The number of halogens is 5. The zero-order chi connectivity index (χ0) is 20.5. The van der Waals surface area contributed by atoms with E-state index in [9.17, 15) is 27.2 Å². The Morgan fingerprint density at radius 1 is 1.21 bits per heavy atom. The summed E-state index contributed by atoms with van der Waals surface area (Å²) in [6, 6.07) is 2.13. The van der Waals surface area contributed by atoms with Gasteiger partial charge in [0.1, 0.15) is 11.9 Å². The Balaban J connectivity index is 1.78. The second kappa shape index (κ2) is 8.14. The van der Waals surface area contributed by atoms with Crippen LogP contribution in [0.3, 0.4) is 0 Å². The van der Waals surface area contributed by atoms with Crippen molar-refractivity contribution in [3.63, 3.8) is 0 Å². The summed E-state index contributed by atoms with van der Waals surface area (Å²) in [5, 5.41) is 7.62. The second-order valence-electron chi connectivity index (χ2n) is 7.22. The molecule has 1 heterocycles. The van der Waals surface area contributed by atoms with Crippen LogP contribution in [-0.4, -0.2) is 30.7 Å². The maximum Gasteiger partial charge on any atom is 0.391 e. The molecule has 0 unspecified atom stereocenters. The Morgan fingerprint density at radius 2 is 1.89 bits per heavy atom. The lowest BCUT2D eigenvalue weighted by Crippen LogP contribution is -2.46. The third-order valence-electron chi connectivity index (χ3n) is 5.40. The highest BCUT2D eigenvalue weighted by molar-refractivity contribution is 6.30. The largest absolute Gasteiger partial charge is 0.391 e. The summed E-state index contributed by atoms with van der Waals surface area (Å²) in [5.41, 5.74) is 0.521. The predicted octanol–water partition coefficient (Wildman–Crippen LogP) is 3.69. The molecule has 1 aliphatic heterocycles. The van der Waals surface area contributed by atoms with Gasteiger partial charge in [-0.15, -0.1) is 0 Å². The third kappa shape index (κ3) is 4.68. The van der Waals surface area contributed by atoms with Gasteiger partial charge in [-0.1, -0.05) is 17.7 Å². The topological polar surface area (TPSA) is 70.2 Å². The highest BCUT2D eigenvalue weighted by Crippen LogP contribution is 2.43. The van der Waals surface area contributed by atoms with Gasteiger partial charge in [0.15, 0.2) is 0 Å². The lowest BCUT2D eigenvalue weighted by atomic mass is 9.76. The molecule has 3 rings (SSSR count). The smallest absolute Gasteiger partial charge is 0.347 e. The number of carbonyl (C=O) groups excluding carboxylic acids is 2. The first kappa shape index (κ1) is 20.7. The maximum absolute atomic E-state index is 13.5. The van der Waals surface area contributed by atoms with Gasteiger partial charge in [0.05, 0.1) is 17.0 Å². The molecule has 0 bridgehead atoms. The Morgan fingerprint density at radius 3 is 2.43 bits per heavy atom. The van der Waals surface area contributed by atoms with Crippen molar-refractivity contribution < 1.29 is 27.2 Å². The van der Waals surface area contributed by atoms with Crippen molar-refractivity contribution in [3.8, 4) is 0 Å². The molecule has 0 spiro atoms. The molecule has 1 aliphatic carbocycles. The van der Waals surface area contributed by atoms with E-state index in [4.69, 9.17) is 11.6 Å². The zero-order valence-corrected chi connectivity index (χ0v) is 15.5. The first-order valence-corrected chi connectivity index (χ1v) is 9.39. The lowest BCUT2D eigenvalue weighted by molar-refractivity contribution is -0.184. The molecule has 1 aromatic carbocycles. The molecule has 10 heteroatoms. The highest BCUT2D eigenvalue weighted by Gasteiger charge is 2.43. The van der Waals surface area contributed by atoms with Crippen LogP contribution in [0.4, 0.5) is 22.4 Å². The number of nitrogens with one attached hydrogen (secondary N) is 3. The predicted molar refractivity (Wildman–Crippen MR) is 94.1 cm³/mol. The Labute approximate surface area is 164 Å². The van der Waals surface area contributed by atoms with Gasteiger partial charge in [0, 0.05) is 6.54 Å². The van der Waals surface area contributed by atoms with Crippen LogP contribution in [0.2, 0.25) is 5.02 Å². The van der Waals surface area contributed by atoms with E-state index in [1.807, 2.05) is 0 Å². The minimum absolute atomic E-state index is 0.0306. The van der Waals surface area contributed by atoms with Gasteiger partial charge in [-0.25, -0.2) is 9.18 Å². The van der Waals surface area contributed by atoms with Gasteiger partial charge in [-0.2, -0.15) is 13.2 Å². The van der Waals surface area contributed by atoms with E-state index < -0.39 is 41.9 Å². The summed E-state index contributed by atoms with van der Waals surface area (Å²) >= 11 is 5.86. The van der Waals surface area contributed by atoms with E-state index in [0.29, 0.717) is 5.56 Å². The molecule has 3 amide bonds. The average molecular weight is 422 g/mol. The molecule has 2 atom stereocenters. The fraction of sp³-hybridized carbons (Fsp3) is 0.556. The minimum Gasteiger partial charge on any atom is -0.347 e. The molecule has 1 saturated heterocycles. The molecule has 1 aromatic rings. The molecule has 28 heavy (non-hydrogen) atoms. The number of hydrogen-bond acceptors (Lipinski definition) is 2. The number of carbonyl (C=O) groups is 2. The van der Waals surface area contributed by atoms with E-state index in [2.05, 4.69) is 16.0 Å². The van der Waals surface area contributed by atoms with E-state index >= 15 is 0 Å². The first-order chi connectivity index (χ1) is 13.1. The number of urea groups is 1. The van der Waals surface area contributed by atoms with Crippen LogP contribution in [-0.2, 0) is 4.79 Å². The van der Waals surface area contributed by atoms with Crippen LogP contribution in [0, 0.1) is 17.7 Å². The van der Waals surface area contributed by atoms with E-state index in [0.717, 1.165) is 6.07 Å². The monoisotopic (exact) mass is 421 g/mol. The van der Waals surface area contributed by atoms with Crippen LogP contribution in [0.5, 0.6) is 0 Å². The van der Waals surface area contributed by atoms with E-state index in [1.165, 1.54) is 12.1 Å². The Bertz CT molecular complexity index is 751. The SMILES string of the molecule is O=C1NC[C@@H](C(=O)N[C@H](c2ccc(F)c(Cl)c2)[C@H]2CC[C@H](C(F)(F)F)CC2)N1. The van der Waals surface area contributed by atoms with Crippen LogP contribution in [0.15, 0.2) is 18.2 Å². The standard InChI is InChI=1S/C18H20ClF4N3O2/c19-12-7-10(3-6-13(12)20)15(26-16(27)14-8-24-17(28)25-14)9-1-4-11(5-2-9)18(21,22)23/h3,6-7,9,11,14-15H,1-2,4-5,8H2,(H,26,27)(H2,24,25,28)/t9-,11-,14-,15-/m0/s1. The maximum atomic E-state index is 13.5. The minimum atomic E-state index is -4.23. The van der Waals surface area contributed by atoms with Crippen molar-refractivity contribution in [2.24, 2.45) is 11.8 Å². The summed E-state index contributed by atoms with van der Waals surface area (Å²) in [7, 11) is 0. The summed E-state index contributed by atoms with van der Waals surface area (Å²) in [6.45, 7) is 0.113. The molecule has 5 nitrogen and oxygen atoms in total. The quantitative estimate of drug-likeness (QED) is 0.649. The highest BCUT2D eigenvalue weighted by atomic mass is 35.5. The van der Waals surface area contributed by atoms with Gasteiger partial charge >= 0.3 is 12.2 Å². The van der Waals surface area contributed by atoms with E-state index in [1.54, 1.807) is 0 Å². The molecule has 2 aliphatic rings. The third-order valence-corrected chi connectivity index (χ3v) is 5.68. The number of benzene rings is 1. The fourth-order valence-corrected chi connectivity index (χ4v) is 4.02. The van der Waals surface area contributed by atoms with Gasteiger partial charge < -0.3 is 16.0 Å². The summed E-state index contributed by atoms with van der Waals surface area (Å²) in [5.74, 6) is -2.69. The average Bonchev–Trinajstić information content (AvgIpc) is 3.08. The second-order valence-corrected chi connectivity index (χ2v) is 7.63. The Kier molecular flexibility index (Phi) is 6.02. The molecule has 3 N–H and O–H groups in total. The van der Waals surface area contributed by atoms with Crippen LogP contribution in [0.25, 0.3) is 0 Å². The lowest BCUT2D eigenvalue weighted by Gasteiger charge is -2.35. The van der Waals surface area contributed by atoms with Crippen LogP contribution >= 0.6 is 11.6 Å². The van der Waals surface area contributed by atoms with Crippen molar-refractivity contribution in [1.29, 1.82) is 0 Å². The molecule has 0 aromatic heterocycles. The van der Waals surface area contributed by atoms with Crippen LogP contribution < -0.4 is 16.0 Å². The van der Waals surface area contributed by atoms with Gasteiger partial charge in [-0.3, -0.25) is 4.79 Å². The van der Waals surface area contributed by atoms with Crippen molar-refractivity contribution in [3.05, 3.63) is 34.6 Å². The molecule has 1 saturated carbocycles. The molecular formula is C18H20ClF4N3O2. The van der Waals surface area contributed by atoms with Crippen molar-refractivity contribution in [2.75, 3.05) is 6.54 Å². The molecular weight excluding hydrogens is 402 g/mol. The first-order valence-electron chi connectivity index (χ1n) is 9.01. The number of amides is 3. The summed E-state index contributed by atoms with van der Waals surface area (Å²) in [6.07, 6.45) is -3.77. The Hall–Kier alpha value is -2.03. The van der Waals surface area contributed by atoms with Crippen molar-refractivity contribution >= 4 is 23.5 Å².